The minimum atomic E-state index is 0. The van der Waals surface area contributed by atoms with Gasteiger partial charge in [0.1, 0.15) is 5.75 Å². The van der Waals surface area contributed by atoms with Gasteiger partial charge in [-0.05, 0) is 30.0 Å². The normalized spacial score (nSPS) is 10.9. The van der Waals surface area contributed by atoms with Gasteiger partial charge in [-0.2, -0.15) is 0 Å². The van der Waals surface area contributed by atoms with E-state index in [4.69, 9.17) is 4.74 Å². The Balaban J connectivity index is 0.00000361. The fraction of sp³-hybridized carbons (Fsp3) is 0.533. The minimum Gasteiger partial charge on any atom is -0.493 e. The van der Waals surface area contributed by atoms with Crippen molar-refractivity contribution in [1.29, 1.82) is 0 Å². The lowest BCUT2D eigenvalue weighted by Crippen LogP contribution is -2.35. The second-order valence-electron chi connectivity index (χ2n) is 4.85. The number of rotatable bonds is 6. The summed E-state index contributed by atoms with van der Waals surface area (Å²) < 4.78 is 5.66. The van der Waals surface area contributed by atoms with E-state index in [1.807, 2.05) is 19.2 Å². The van der Waals surface area contributed by atoms with Crippen LogP contribution in [0.3, 0.4) is 0 Å². The first-order valence-corrected chi connectivity index (χ1v) is 6.76. The Morgan fingerprint density at radius 3 is 2.40 bits per heavy atom. The van der Waals surface area contributed by atoms with Crippen molar-refractivity contribution in [2.45, 2.75) is 20.3 Å². The summed E-state index contributed by atoms with van der Waals surface area (Å²) in [6, 6.07) is 8.29. The average molecular weight is 391 g/mol. The molecule has 0 radical (unpaired) electrons. The summed E-state index contributed by atoms with van der Waals surface area (Å²) in [5.74, 6) is 2.31. The van der Waals surface area contributed by atoms with Crippen LogP contribution in [-0.2, 0) is 6.42 Å². The van der Waals surface area contributed by atoms with E-state index in [0.29, 0.717) is 5.92 Å². The molecule has 2 N–H and O–H groups in total. The summed E-state index contributed by atoms with van der Waals surface area (Å²) in [6.45, 7) is 5.92. The Bertz CT molecular complexity index is 391. The molecule has 114 valence electrons. The summed E-state index contributed by atoms with van der Waals surface area (Å²) in [4.78, 5) is 4.07. The predicted octanol–water partition coefficient (Wildman–Crippen LogP) is 2.68. The van der Waals surface area contributed by atoms with Crippen molar-refractivity contribution >= 4 is 29.9 Å². The zero-order valence-electron chi connectivity index (χ0n) is 12.8. The molecule has 0 spiro atoms. The van der Waals surface area contributed by atoms with Gasteiger partial charge in [0.2, 0.25) is 0 Å². The SMILES string of the molecule is CN=C(NC)NCCc1ccc(OCC(C)C)cc1.I. The molecule has 5 heteroatoms. The lowest BCUT2D eigenvalue weighted by molar-refractivity contribution is 0.271. The average Bonchev–Trinajstić information content (AvgIpc) is 2.42. The van der Waals surface area contributed by atoms with Crippen LogP contribution in [0.15, 0.2) is 29.3 Å². The molecule has 0 aliphatic heterocycles. The van der Waals surface area contributed by atoms with E-state index >= 15 is 0 Å². The molecule has 0 aromatic heterocycles. The van der Waals surface area contributed by atoms with Crippen LogP contribution in [0.5, 0.6) is 5.75 Å². The van der Waals surface area contributed by atoms with Gasteiger partial charge in [-0.25, -0.2) is 0 Å². The molecule has 0 saturated carbocycles. The lowest BCUT2D eigenvalue weighted by atomic mass is 10.1. The molecule has 0 amide bonds. The quantitative estimate of drug-likeness (QED) is 0.445. The molecule has 1 aromatic carbocycles. The molecule has 1 rings (SSSR count). The van der Waals surface area contributed by atoms with Gasteiger partial charge in [-0.1, -0.05) is 26.0 Å². The van der Waals surface area contributed by atoms with Crippen LogP contribution in [-0.4, -0.2) is 33.2 Å². The Kier molecular flexibility index (Phi) is 10.2. The molecule has 20 heavy (non-hydrogen) atoms. The van der Waals surface area contributed by atoms with Crippen molar-refractivity contribution in [3.05, 3.63) is 29.8 Å². The first kappa shape index (κ1) is 19.0. The summed E-state index contributed by atoms with van der Waals surface area (Å²) >= 11 is 0. The molecule has 4 nitrogen and oxygen atoms in total. The zero-order valence-corrected chi connectivity index (χ0v) is 15.1. The number of benzene rings is 1. The van der Waals surface area contributed by atoms with E-state index < -0.39 is 0 Å². The van der Waals surface area contributed by atoms with E-state index in [1.165, 1.54) is 5.56 Å². The van der Waals surface area contributed by atoms with Crippen LogP contribution < -0.4 is 15.4 Å². The van der Waals surface area contributed by atoms with E-state index in [1.54, 1.807) is 7.05 Å². The number of hydrogen-bond donors (Lipinski definition) is 2. The van der Waals surface area contributed by atoms with Crippen LogP contribution >= 0.6 is 24.0 Å². The highest BCUT2D eigenvalue weighted by Gasteiger charge is 1.99. The van der Waals surface area contributed by atoms with Gasteiger partial charge in [0.25, 0.3) is 0 Å². The smallest absolute Gasteiger partial charge is 0.190 e. The monoisotopic (exact) mass is 391 g/mol. The van der Waals surface area contributed by atoms with Crippen LogP contribution in [0.25, 0.3) is 0 Å². The number of nitrogens with zero attached hydrogens (tertiary/aromatic N) is 1. The number of nitrogens with one attached hydrogen (secondary N) is 2. The van der Waals surface area contributed by atoms with Crippen molar-refractivity contribution in [3.8, 4) is 5.75 Å². The van der Waals surface area contributed by atoms with Crippen molar-refractivity contribution in [2.75, 3.05) is 27.2 Å². The minimum absolute atomic E-state index is 0. The highest BCUT2D eigenvalue weighted by atomic mass is 127. The summed E-state index contributed by atoms with van der Waals surface area (Å²) in [7, 11) is 3.62. The van der Waals surface area contributed by atoms with Crippen LogP contribution in [0.2, 0.25) is 0 Å². The third-order valence-electron chi connectivity index (χ3n) is 2.67. The van der Waals surface area contributed by atoms with E-state index in [0.717, 1.165) is 31.3 Å². The third-order valence-corrected chi connectivity index (χ3v) is 2.67. The Morgan fingerprint density at radius 1 is 1.25 bits per heavy atom. The maximum atomic E-state index is 5.66. The van der Waals surface area contributed by atoms with Crippen molar-refractivity contribution in [1.82, 2.24) is 10.6 Å². The van der Waals surface area contributed by atoms with Crippen LogP contribution in [0, 0.1) is 5.92 Å². The van der Waals surface area contributed by atoms with Crippen molar-refractivity contribution in [3.63, 3.8) is 0 Å². The molecule has 0 fully saturated rings. The Hall–Kier alpha value is -0.980. The van der Waals surface area contributed by atoms with Crippen molar-refractivity contribution < 1.29 is 4.74 Å². The van der Waals surface area contributed by atoms with Crippen LogP contribution in [0.4, 0.5) is 0 Å². The summed E-state index contributed by atoms with van der Waals surface area (Å²) in [5, 5.41) is 6.22. The maximum absolute atomic E-state index is 5.66. The van der Waals surface area contributed by atoms with Gasteiger partial charge in [0, 0.05) is 20.6 Å². The zero-order chi connectivity index (χ0) is 14.1. The molecular formula is C15H26IN3O. The molecule has 0 unspecified atom stereocenters. The predicted molar refractivity (Wildman–Crippen MR) is 96.3 cm³/mol. The third kappa shape index (κ3) is 7.57. The standard InChI is InChI=1S/C15H25N3O.HI/c1-12(2)11-19-14-7-5-13(6-8-14)9-10-18-15(16-3)17-4;/h5-8,12H,9-11H2,1-4H3,(H2,16,17,18);1H. The van der Waals surface area contributed by atoms with E-state index in [9.17, 15) is 0 Å². The van der Waals surface area contributed by atoms with Gasteiger partial charge in [0.15, 0.2) is 5.96 Å². The number of ether oxygens (including phenoxy) is 1. The highest BCUT2D eigenvalue weighted by Crippen LogP contribution is 2.13. The van der Waals surface area contributed by atoms with E-state index in [-0.39, 0.29) is 24.0 Å². The molecule has 0 aliphatic rings. The molecule has 1 aromatic rings. The van der Waals surface area contributed by atoms with Crippen molar-refractivity contribution in [2.24, 2.45) is 10.9 Å². The van der Waals surface area contributed by atoms with E-state index in [2.05, 4.69) is 41.6 Å². The Morgan fingerprint density at radius 2 is 1.90 bits per heavy atom. The first-order valence-electron chi connectivity index (χ1n) is 6.76. The van der Waals surface area contributed by atoms with Crippen LogP contribution in [0.1, 0.15) is 19.4 Å². The maximum Gasteiger partial charge on any atom is 0.190 e. The molecular weight excluding hydrogens is 365 g/mol. The molecule has 0 atom stereocenters. The van der Waals surface area contributed by atoms with Gasteiger partial charge in [-0.15, -0.1) is 24.0 Å². The number of guanidine groups is 1. The first-order chi connectivity index (χ1) is 9.15. The molecule has 0 bridgehead atoms. The van der Waals surface area contributed by atoms with Gasteiger partial charge >= 0.3 is 0 Å². The Labute approximate surface area is 139 Å². The fourth-order valence-corrected chi connectivity index (χ4v) is 1.62. The number of hydrogen-bond acceptors (Lipinski definition) is 2. The number of halogens is 1. The van der Waals surface area contributed by atoms with Gasteiger partial charge in [0.05, 0.1) is 6.61 Å². The lowest BCUT2D eigenvalue weighted by Gasteiger charge is -2.10. The van der Waals surface area contributed by atoms with Gasteiger partial charge < -0.3 is 15.4 Å². The number of aliphatic imine (C=N–C) groups is 1. The topological polar surface area (TPSA) is 45.7 Å². The van der Waals surface area contributed by atoms with Gasteiger partial charge in [-0.3, -0.25) is 4.99 Å². The second kappa shape index (κ2) is 10.8. The molecule has 0 aliphatic carbocycles. The highest BCUT2D eigenvalue weighted by molar-refractivity contribution is 14.0. The molecule has 0 heterocycles. The second-order valence-corrected chi connectivity index (χ2v) is 4.85. The summed E-state index contributed by atoms with van der Waals surface area (Å²) in [5.41, 5.74) is 1.29. The summed E-state index contributed by atoms with van der Waals surface area (Å²) in [6.07, 6.45) is 0.963. The molecule has 0 saturated heterocycles. The largest absolute Gasteiger partial charge is 0.493 e. The fourth-order valence-electron chi connectivity index (χ4n) is 1.62.